The van der Waals surface area contributed by atoms with Gasteiger partial charge in [0.2, 0.25) is 0 Å². The third-order valence-electron chi connectivity index (χ3n) is 3.16. The highest BCUT2D eigenvalue weighted by atomic mass is 32.1. The molecular weight excluding hydrogens is 222 g/mol. The van der Waals surface area contributed by atoms with Crippen LogP contribution in [0.25, 0.3) is 0 Å². The molecule has 1 aliphatic heterocycles. The number of hydrogen-bond donors (Lipinski definition) is 1. The Bertz CT molecular complexity index is 327. The minimum atomic E-state index is 0.280. The zero-order valence-corrected chi connectivity index (χ0v) is 10.5. The molecule has 1 aliphatic rings. The van der Waals surface area contributed by atoms with E-state index in [1.807, 2.05) is 6.07 Å². The summed E-state index contributed by atoms with van der Waals surface area (Å²) in [6.07, 6.45) is 3.62. The number of thiophene rings is 1. The van der Waals surface area contributed by atoms with E-state index in [9.17, 15) is 5.11 Å². The van der Waals surface area contributed by atoms with Crippen LogP contribution in [0.15, 0.2) is 12.1 Å². The Morgan fingerprint density at radius 2 is 2.38 bits per heavy atom. The number of methoxy groups -OCH3 is 1. The third kappa shape index (κ3) is 2.75. The molecule has 0 spiro atoms. The van der Waals surface area contributed by atoms with Crippen molar-refractivity contribution in [1.29, 1.82) is 0 Å². The van der Waals surface area contributed by atoms with Gasteiger partial charge in [-0.15, -0.1) is 11.3 Å². The third-order valence-corrected chi connectivity index (χ3v) is 4.19. The van der Waals surface area contributed by atoms with Crippen molar-refractivity contribution in [3.8, 4) is 5.06 Å². The zero-order chi connectivity index (χ0) is 11.4. The molecule has 4 heteroatoms. The van der Waals surface area contributed by atoms with Crippen LogP contribution in [0.1, 0.15) is 24.1 Å². The predicted molar refractivity (Wildman–Crippen MR) is 66.0 cm³/mol. The molecule has 2 heterocycles. The minimum absolute atomic E-state index is 0.280. The number of aliphatic hydroxyl groups is 1. The number of nitrogens with zero attached hydrogens (tertiary/aromatic N) is 1. The Labute approximate surface area is 101 Å². The summed E-state index contributed by atoms with van der Waals surface area (Å²) in [7, 11) is 1.70. The van der Waals surface area contributed by atoms with Crippen molar-refractivity contribution in [3.05, 3.63) is 17.0 Å². The van der Waals surface area contributed by atoms with E-state index in [4.69, 9.17) is 4.74 Å². The van der Waals surface area contributed by atoms with Crippen LogP contribution in [-0.4, -0.2) is 36.3 Å². The molecule has 1 aromatic heterocycles. The van der Waals surface area contributed by atoms with Crippen LogP contribution in [0.2, 0.25) is 0 Å². The van der Waals surface area contributed by atoms with Crippen LogP contribution in [0.4, 0.5) is 0 Å². The van der Waals surface area contributed by atoms with Gasteiger partial charge in [0.05, 0.1) is 13.7 Å². The molecule has 90 valence electrons. The van der Waals surface area contributed by atoms with Crippen molar-refractivity contribution in [2.75, 3.05) is 20.3 Å². The predicted octanol–water partition coefficient (Wildman–Crippen LogP) is 2.10. The highest BCUT2D eigenvalue weighted by molar-refractivity contribution is 7.13. The summed E-state index contributed by atoms with van der Waals surface area (Å²) in [6, 6.07) is 4.48. The van der Waals surface area contributed by atoms with Gasteiger partial charge in [-0.2, -0.15) is 0 Å². The van der Waals surface area contributed by atoms with Gasteiger partial charge in [0.15, 0.2) is 5.06 Å². The number of piperidine rings is 1. The van der Waals surface area contributed by atoms with E-state index in [1.54, 1.807) is 18.4 Å². The van der Waals surface area contributed by atoms with Crippen molar-refractivity contribution in [1.82, 2.24) is 4.90 Å². The summed E-state index contributed by atoms with van der Waals surface area (Å²) < 4.78 is 5.19. The van der Waals surface area contributed by atoms with Gasteiger partial charge in [0.1, 0.15) is 0 Å². The summed E-state index contributed by atoms with van der Waals surface area (Å²) in [4.78, 5) is 3.70. The molecule has 0 amide bonds. The Hall–Kier alpha value is -0.580. The fourth-order valence-corrected chi connectivity index (χ4v) is 3.07. The molecule has 0 radical (unpaired) electrons. The molecular formula is C12H19NO2S. The van der Waals surface area contributed by atoms with E-state index in [-0.39, 0.29) is 6.61 Å². The monoisotopic (exact) mass is 241 g/mol. The maximum atomic E-state index is 9.33. The van der Waals surface area contributed by atoms with Gasteiger partial charge < -0.3 is 9.84 Å². The van der Waals surface area contributed by atoms with Gasteiger partial charge in [-0.25, -0.2) is 0 Å². The van der Waals surface area contributed by atoms with Crippen molar-refractivity contribution in [2.45, 2.75) is 31.8 Å². The molecule has 1 unspecified atom stereocenters. The molecule has 3 nitrogen and oxygen atoms in total. The number of aliphatic hydroxyl groups excluding tert-OH is 1. The lowest BCUT2D eigenvalue weighted by Gasteiger charge is -2.34. The molecule has 1 N–H and O–H groups in total. The topological polar surface area (TPSA) is 32.7 Å². The van der Waals surface area contributed by atoms with Crippen LogP contribution < -0.4 is 4.74 Å². The molecule has 0 saturated carbocycles. The Morgan fingerprint density at radius 1 is 1.50 bits per heavy atom. The van der Waals surface area contributed by atoms with Crippen molar-refractivity contribution < 1.29 is 9.84 Å². The average Bonchev–Trinajstić information content (AvgIpc) is 2.77. The number of hydrogen-bond acceptors (Lipinski definition) is 4. The highest BCUT2D eigenvalue weighted by Gasteiger charge is 2.21. The number of likely N-dealkylation sites (tertiary alicyclic amines) is 1. The highest BCUT2D eigenvalue weighted by Crippen LogP contribution is 2.27. The van der Waals surface area contributed by atoms with Gasteiger partial charge in [0, 0.05) is 17.5 Å². The first-order valence-corrected chi connectivity index (χ1v) is 6.62. The normalized spacial score (nSPS) is 22.2. The Morgan fingerprint density at radius 3 is 3.06 bits per heavy atom. The van der Waals surface area contributed by atoms with Crippen LogP contribution in [0.3, 0.4) is 0 Å². The number of rotatable bonds is 4. The molecule has 16 heavy (non-hydrogen) atoms. The molecule has 1 atom stereocenters. The second kappa shape index (κ2) is 5.66. The SMILES string of the molecule is COc1ccc(CN2CCCCC2CO)s1. The fraction of sp³-hybridized carbons (Fsp3) is 0.667. The summed E-state index contributed by atoms with van der Waals surface area (Å²) >= 11 is 1.69. The lowest BCUT2D eigenvalue weighted by molar-refractivity contribution is 0.0850. The molecule has 0 aromatic carbocycles. The molecule has 2 rings (SSSR count). The van der Waals surface area contributed by atoms with Gasteiger partial charge in [-0.05, 0) is 31.5 Å². The van der Waals surface area contributed by atoms with Crippen molar-refractivity contribution in [3.63, 3.8) is 0 Å². The average molecular weight is 241 g/mol. The quantitative estimate of drug-likeness (QED) is 0.876. The molecule has 1 aromatic rings. The summed E-state index contributed by atoms with van der Waals surface area (Å²) in [6.45, 7) is 2.33. The van der Waals surface area contributed by atoms with Crippen LogP contribution in [-0.2, 0) is 6.54 Å². The first-order chi connectivity index (χ1) is 7.83. The summed E-state index contributed by atoms with van der Waals surface area (Å²) in [5.74, 6) is 0. The second-order valence-corrected chi connectivity index (χ2v) is 5.36. The first-order valence-electron chi connectivity index (χ1n) is 5.81. The van der Waals surface area contributed by atoms with E-state index in [1.165, 1.54) is 17.7 Å². The lowest BCUT2D eigenvalue weighted by Crippen LogP contribution is -2.40. The maximum absolute atomic E-state index is 9.33. The largest absolute Gasteiger partial charge is 0.487 e. The van der Waals surface area contributed by atoms with Crippen LogP contribution in [0.5, 0.6) is 5.06 Å². The van der Waals surface area contributed by atoms with Crippen LogP contribution >= 0.6 is 11.3 Å². The second-order valence-electron chi connectivity index (χ2n) is 4.23. The van der Waals surface area contributed by atoms with E-state index in [0.717, 1.165) is 24.6 Å². The van der Waals surface area contributed by atoms with E-state index >= 15 is 0 Å². The summed E-state index contributed by atoms with van der Waals surface area (Å²) in [5, 5.41) is 10.3. The van der Waals surface area contributed by atoms with Gasteiger partial charge in [-0.3, -0.25) is 4.90 Å². The zero-order valence-electron chi connectivity index (χ0n) is 9.69. The standard InChI is InChI=1S/C12H19NO2S/c1-15-12-6-5-11(16-12)8-13-7-3-2-4-10(13)9-14/h5-6,10,14H,2-4,7-9H2,1H3. The van der Waals surface area contributed by atoms with Crippen molar-refractivity contribution in [2.24, 2.45) is 0 Å². The van der Waals surface area contributed by atoms with E-state index in [0.29, 0.717) is 6.04 Å². The van der Waals surface area contributed by atoms with Crippen LogP contribution in [0, 0.1) is 0 Å². The summed E-state index contributed by atoms with van der Waals surface area (Å²) in [5.41, 5.74) is 0. The minimum Gasteiger partial charge on any atom is -0.487 e. The van der Waals surface area contributed by atoms with Gasteiger partial charge in [0.25, 0.3) is 0 Å². The van der Waals surface area contributed by atoms with E-state index < -0.39 is 0 Å². The van der Waals surface area contributed by atoms with Gasteiger partial charge in [-0.1, -0.05) is 6.42 Å². The Kier molecular flexibility index (Phi) is 4.21. The first kappa shape index (κ1) is 11.9. The molecule has 0 aliphatic carbocycles. The van der Waals surface area contributed by atoms with Gasteiger partial charge >= 0.3 is 0 Å². The molecule has 1 saturated heterocycles. The molecule has 1 fully saturated rings. The maximum Gasteiger partial charge on any atom is 0.173 e. The van der Waals surface area contributed by atoms with Crippen molar-refractivity contribution >= 4 is 11.3 Å². The fourth-order valence-electron chi connectivity index (χ4n) is 2.23. The van der Waals surface area contributed by atoms with E-state index in [2.05, 4.69) is 11.0 Å². The smallest absolute Gasteiger partial charge is 0.173 e. The lowest BCUT2D eigenvalue weighted by atomic mass is 10.0. The Balaban J connectivity index is 1.96. The number of ether oxygens (including phenoxy) is 1. The molecule has 0 bridgehead atoms.